The van der Waals surface area contributed by atoms with Crippen LogP contribution in [0, 0.1) is 5.82 Å². The zero-order valence-corrected chi connectivity index (χ0v) is 13.0. The van der Waals surface area contributed by atoms with Crippen LogP contribution in [0.5, 0.6) is 5.75 Å². The lowest BCUT2D eigenvalue weighted by Crippen LogP contribution is -2.61. The second kappa shape index (κ2) is 7.94. The molecule has 1 aromatic rings. The summed E-state index contributed by atoms with van der Waals surface area (Å²) >= 11 is 5.66. The molecule has 3 atom stereocenters. The maximum Gasteiger partial charge on any atom is 0.145 e. The van der Waals surface area contributed by atoms with E-state index in [2.05, 4.69) is 12.2 Å². The molecule has 0 aliphatic heterocycles. The minimum absolute atomic E-state index is 0.0566. The first-order valence-electron chi connectivity index (χ1n) is 7.11. The van der Waals surface area contributed by atoms with Gasteiger partial charge in [-0.05, 0) is 18.7 Å². The highest BCUT2D eigenvalue weighted by atomic mass is 35.5. The Bertz CT molecular complexity index is 461. The van der Waals surface area contributed by atoms with Gasteiger partial charge < -0.3 is 19.5 Å². The van der Waals surface area contributed by atoms with E-state index in [0.29, 0.717) is 19.0 Å². The van der Waals surface area contributed by atoms with Crippen LogP contribution in [0.15, 0.2) is 18.2 Å². The predicted molar refractivity (Wildman–Crippen MR) is 79.5 cm³/mol. The van der Waals surface area contributed by atoms with Crippen LogP contribution in [-0.4, -0.2) is 45.1 Å². The minimum atomic E-state index is -0.478. The molecule has 1 N–H and O–H groups in total. The molecule has 1 aromatic carbocycles. The SMILES string of the molecule is CCNC1CC(Oc2ccc(Cl)c(F)c2)C1OCCOC. The van der Waals surface area contributed by atoms with Gasteiger partial charge in [-0.3, -0.25) is 0 Å². The van der Waals surface area contributed by atoms with Gasteiger partial charge in [-0.1, -0.05) is 18.5 Å². The van der Waals surface area contributed by atoms with E-state index in [1.54, 1.807) is 13.2 Å². The molecule has 3 unspecified atom stereocenters. The third kappa shape index (κ3) is 4.30. The third-order valence-corrected chi connectivity index (χ3v) is 3.80. The Morgan fingerprint density at radius 2 is 2.19 bits per heavy atom. The van der Waals surface area contributed by atoms with E-state index in [0.717, 1.165) is 13.0 Å². The standard InChI is InChI=1S/C15H21ClFNO3/c1-3-18-13-9-14(15(13)20-7-6-19-2)21-10-4-5-11(16)12(17)8-10/h4-5,8,13-15,18H,3,6-7,9H2,1-2H3. The number of nitrogens with one attached hydrogen (secondary N) is 1. The van der Waals surface area contributed by atoms with Crippen molar-refractivity contribution in [3.05, 3.63) is 29.0 Å². The summed E-state index contributed by atoms with van der Waals surface area (Å²) in [6, 6.07) is 4.72. The molecule has 0 radical (unpaired) electrons. The number of hydrogen-bond donors (Lipinski definition) is 1. The van der Waals surface area contributed by atoms with Crippen LogP contribution in [0.3, 0.4) is 0 Å². The fourth-order valence-electron chi connectivity index (χ4n) is 2.37. The van der Waals surface area contributed by atoms with E-state index in [9.17, 15) is 4.39 Å². The molecule has 1 aliphatic carbocycles. The lowest BCUT2D eigenvalue weighted by Gasteiger charge is -2.44. The van der Waals surface area contributed by atoms with E-state index in [1.165, 1.54) is 12.1 Å². The van der Waals surface area contributed by atoms with Gasteiger partial charge in [0.25, 0.3) is 0 Å². The van der Waals surface area contributed by atoms with Crippen LogP contribution in [0.2, 0.25) is 5.02 Å². The lowest BCUT2D eigenvalue weighted by molar-refractivity contribution is -0.115. The topological polar surface area (TPSA) is 39.7 Å². The van der Waals surface area contributed by atoms with Gasteiger partial charge in [0.15, 0.2) is 0 Å². The second-order valence-corrected chi connectivity index (χ2v) is 5.37. The number of likely N-dealkylation sites (N-methyl/N-ethyl adjacent to an activating group) is 1. The van der Waals surface area contributed by atoms with Crippen molar-refractivity contribution in [1.29, 1.82) is 0 Å². The maximum atomic E-state index is 13.4. The summed E-state index contributed by atoms with van der Waals surface area (Å²) in [4.78, 5) is 0. The smallest absolute Gasteiger partial charge is 0.145 e. The Kier molecular flexibility index (Phi) is 6.23. The molecule has 1 aliphatic rings. The van der Waals surface area contributed by atoms with Crippen LogP contribution in [0.4, 0.5) is 4.39 Å². The molecule has 1 fully saturated rings. The highest BCUT2D eigenvalue weighted by Gasteiger charge is 2.43. The zero-order chi connectivity index (χ0) is 15.2. The van der Waals surface area contributed by atoms with Gasteiger partial charge in [-0.25, -0.2) is 4.39 Å². The molecule has 21 heavy (non-hydrogen) atoms. The molecule has 6 heteroatoms. The molecule has 0 spiro atoms. The number of halogens is 2. The van der Waals surface area contributed by atoms with E-state index in [4.69, 9.17) is 25.8 Å². The van der Waals surface area contributed by atoms with Crippen LogP contribution in [0.1, 0.15) is 13.3 Å². The summed E-state index contributed by atoms with van der Waals surface area (Å²) in [5.74, 6) is -0.00855. The monoisotopic (exact) mass is 317 g/mol. The predicted octanol–water partition coefficient (Wildman–Crippen LogP) is 2.64. The van der Waals surface area contributed by atoms with Crippen LogP contribution < -0.4 is 10.1 Å². The highest BCUT2D eigenvalue weighted by molar-refractivity contribution is 6.30. The van der Waals surface area contributed by atoms with Gasteiger partial charge in [0.2, 0.25) is 0 Å². The normalized spacial score (nSPS) is 24.7. The van der Waals surface area contributed by atoms with Gasteiger partial charge in [0, 0.05) is 25.6 Å². The zero-order valence-electron chi connectivity index (χ0n) is 12.3. The van der Waals surface area contributed by atoms with Crippen LogP contribution in [-0.2, 0) is 9.47 Å². The number of benzene rings is 1. The number of rotatable bonds is 8. The summed E-state index contributed by atoms with van der Waals surface area (Å²) in [6.07, 6.45) is 0.681. The fourth-order valence-corrected chi connectivity index (χ4v) is 2.49. The van der Waals surface area contributed by atoms with E-state index in [-0.39, 0.29) is 23.3 Å². The van der Waals surface area contributed by atoms with Crippen LogP contribution >= 0.6 is 11.6 Å². The molecule has 2 rings (SSSR count). The van der Waals surface area contributed by atoms with Crippen molar-refractivity contribution < 1.29 is 18.6 Å². The molecular formula is C15H21ClFNO3. The molecule has 1 saturated carbocycles. The van der Waals surface area contributed by atoms with Gasteiger partial charge in [0.05, 0.1) is 18.2 Å². The third-order valence-electron chi connectivity index (χ3n) is 3.49. The first-order valence-corrected chi connectivity index (χ1v) is 7.49. The summed E-state index contributed by atoms with van der Waals surface area (Å²) < 4.78 is 30.0. The van der Waals surface area contributed by atoms with Crippen molar-refractivity contribution in [3.63, 3.8) is 0 Å². The molecule has 0 saturated heterocycles. The number of methoxy groups -OCH3 is 1. The summed E-state index contributed by atoms with van der Waals surface area (Å²) in [6.45, 7) is 3.97. The number of hydrogen-bond acceptors (Lipinski definition) is 4. The molecule has 4 nitrogen and oxygen atoms in total. The van der Waals surface area contributed by atoms with Crippen molar-refractivity contribution in [2.24, 2.45) is 0 Å². The first-order chi connectivity index (χ1) is 10.2. The van der Waals surface area contributed by atoms with Crippen molar-refractivity contribution in [2.45, 2.75) is 31.6 Å². The number of ether oxygens (including phenoxy) is 3. The highest BCUT2D eigenvalue weighted by Crippen LogP contribution is 2.30. The van der Waals surface area contributed by atoms with Crippen LogP contribution in [0.25, 0.3) is 0 Å². The molecule has 118 valence electrons. The summed E-state index contributed by atoms with van der Waals surface area (Å²) in [5, 5.41) is 3.45. The van der Waals surface area contributed by atoms with Gasteiger partial charge in [-0.2, -0.15) is 0 Å². The molecule has 0 aromatic heterocycles. The largest absolute Gasteiger partial charge is 0.487 e. The molecule has 0 heterocycles. The van der Waals surface area contributed by atoms with E-state index >= 15 is 0 Å². The Labute approximate surface area is 129 Å². The lowest BCUT2D eigenvalue weighted by atomic mass is 9.85. The van der Waals surface area contributed by atoms with Gasteiger partial charge in [-0.15, -0.1) is 0 Å². The minimum Gasteiger partial charge on any atom is -0.487 e. The van der Waals surface area contributed by atoms with E-state index in [1.807, 2.05) is 0 Å². The first kappa shape index (κ1) is 16.5. The van der Waals surface area contributed by atoms with Crippen molar-refractivity contribution in [1.82, 2.24) is 5.32 Å². The Morgan fingerprint density at radius 3 is 2.86 bits per heavy atom. The van der Waals surface area contributed by atoms with Gasteiger partial charge in [0.1, 0.15) is 23.8 Å². The van der Waals surface area contributed by atoms with E-state index < -0.39 is 5.82 Å². The Hall–Kier alpha value is -0.880. The van der Waals surface area contributed by atoms with Crippen molar-refractivity contribution in [3.8, 4) is 5.75 Å². The van der Waals surface area contributed by atoms with Crippen molar-refractivity contribution >= 4 is 11.6 Å². The Balaban J connectivity index is 1.92. The summed E-state index contributed by atoms with van der Waals surface area (Å²) in [5.41, 5.74) is 0. The average Bonchev–Trinajstić information content (AvgIpc) is 2.46. The van der Waals surface area contributed by atoms with Crippen molar-refractivity contribution in [2.75, 3.05) is 26.9 Å². The van der Waals surface area contributed by atoms with Gasteiger partial charge >= 0.3 is 0 Å². The molecule has 0 bridgehead atoms. The maximum absolute atomic E-state index is 13.4. The Morgan fingerprint density at radius 1 is 1.38 bits per heavy atom. The molecule has 0 amide bonds. The molecular weight excluding hydrogens is 297 g/mol. The quantitative estimate of drug-likeness (QED) is 0.748. The summed E-state index contributed by atoms with van der Waals surface area (Å²) in [7, 11) is 1.64. The average molecular weight is 318 g/mol. The fraction of sp³-hybridized carbons (Fsp3) is 0.600. The second-order valence-electron chi connectivity index (χ2n) is 4.96.